The lowest BCUT2D eigenvalue weighted by Crippen LogP contribution is -2.39. The van der Waals surface area contributed by atoms with E-state index in [1.165, 1.54) is 0 Å². The Kier molecular flexibility index (Phi) is 5.20. The zero-order valence-electron chi connectivity index (χ0n) is 15.7. The molecular weight excluding hydrogens is 348 g/mol. The fraction of sp³-hybridized carbons (Fsp3) is 0.261. The van der Waals surface area contributed by atoms with Crippen LogP contribution in [0.3, 0.4) is 0 Å². The highest BCUT2D eigenvalue weighted by atomic mass is 16.2. The van der Waals surface area contributed by atoms with Gasteiger partial charge < -0.3 is 9.47 Å². The summed E-state index contributed by atoms with van der Waals surface area (Å²) < 4.78 is 2.22. The van der Waals surface area contributed by atoms with Crippen LogP contribution in [0.4, 0.5) is 0 Å². The van der Waals surface area contributed by atoms with Crippen LogP contribution >= 0.6 is 0 Å². The normalized spacial score (nSPS) is 14.6. The molecule has 2 aromatic carbocycles. The van der Waals surface area contributed by atoms with Gasteiger partial charge in [-0.05, 0) is 37.0 Å². The van der Waals surface area contributed by atoms with E-state index in [0.717, 1.165) is 43.9 Å². The number of nitrogens with zero attached hydrogens (tertiary/aromatic N) is 4. The molecule has 0 unspecified atom stereocenters. The molecule has 2 heterocycles. The van der Waals surface area contributed by atoms with E-state index in [9.17, 15) is 4.79 Å². The van der Waals surface area contributed by atoms with Crippen LogP contribution in [0.1, 0.15) is 28.8 Å². The molecule has 1 aromatic heterocycles. The first-order chi connectivity index (χ1) is 13.7. The first kappa shape index (κ1) is 18.0. The molecule has 1 amide bonds. The average Bonchev–Trinajstić information content (AvgIpc) is 3.22. The predicted molar refractivity (Wildman–Crippen MR) is 107 cm³/mol. The monoisotopic (exact) mass is 370 g/mol. The Balaban J connectivity index is 1.38. The van der Waals surface area contributed by atoms with E-state index in [1.807, 2.05) is 35.5 Å². The topological polar surface area (TPSA) is 61.9 Å². The number of nitriles is 1. The summed E-state index contributed by atoms with van der Waals surface area (Å²) in [7, 11) is 0. The first-order valence-electron chi connectivity index (χ1n) is 9.60. The lowest BCUT2D eigenvalue weighted by atomic mass is 9.96. The lowest BCUT2D eigenvalue weighted by Gasteiger charge is -2.32. The molecule has 0 saturated carbocycles. The summed E-state index contributed by atoms with van der Waals surface area (Å²) in [6.45, 7) is 2.40. The quantitative estimate of drug-likeness (QED) is 0.698. The first-order valence-corrected chi connectivity index (χ1v) is 9.60. The largest absolute Gasteiger partial charge is 0.339 e. The summed E-state index contributed by atoms with van der Waals surface area (Å²) in [5.74, 6) is 1.53. The van der Waals surface area contributed by atoms with E-state index in [0.29, 0.717) is 17.0 Å². The van der Waals surface area contributed by atoms with Crippen LogP contribution in [0.15, 0.2) is 67.0 Å². The third kappa shape index (κ3) is 3.81. The number of rotatable bonds is 4. The van der Waals surface area contributed by atoms with Crippen LogP contribution in [0.25, 0.3) is 11.4 Å². The highest BCUT2D eigenvalue weighted by Gasteiger charge is 2.24. The summed E-state index contributed by atoms with van der Waals surface area (Å²) in [5.41, 5.74) is 2.24. The van der Waals surface area contributed by atoms with Gasteiger partial charge in [0.2, 0.25) is 0 Å². The Morgan fingerprint density at radius 2 is 1.89 bits per heavy atom. The standard InChI is InChI=1S/C23H22N4O/c24-16-19-5-4-8-21(15-19)23(28)26-12-9-18(10-13-26)17-27-14-11-25-22(27)20-6-2-1-3-7-20/h1-8,11,14-15,18H,9-10,12-13,17H2. The van der Waals surface area contributed by atoms with Gasteiger partial charge in [0.1, 0.15) is 5.82 Å². The van der Waals surface area contributed by atoms with Gasteiger partial charge in [-0.15, -0.1) is 0 Å². The summed E-state index contributed by atoms with van der Waals surface area (Å²) in [5, 5.41) is 9.03. The Morgan fingerprint density at radius 3 is 2.64 bits per heavy atom. The van der Waals surface area contributed by atoms with Gasteiger partial charge in [-0.3, -0.25) is 4.79 Å². The molecule has 5 heteroatoms. The van der Waals surface area contributed by atoms with E-state index in [4.69, 9.17) is 5.26 Å². The Bertz CT molecular complexity index is 995. The molecule has 0 aliphatic carbocycles. The van der Waals surface area contributed by atoms with Crippen LogP contribution in [0, 0.1) is 17.2 Å². The van der Waals surface area contributed by atoms with Crippen LogP contribution < -0.4 is 0 Å². The van der Waals surface area contributed by atoms with Crippen molar-refractivity contribution in [2.24, 2.45) is 5.92 Å². The van der Waals surface area contributed by atoms with Crippen molar-refractivity contribution in [3.05, 3.63) is 78.1 Å². The van der Waals surface area contributed by atoms with Gasteiger partial charge >= 0.3 is 0 Å². The fourth-order valence-corrected chi connectivity index (χ4v) is 3.81. The minimum absolute atomic E-state index is 0.0168. The van der Waals surface area contributed by atoms with Crippen molar-refractivity contribution in [2.75, 3.05) is 13.1 Å². The molecule has 0 radical (unpaired) electrons. The lowest BCUT2D eigenvalue weighted by molar-refractivity contribution is 0.0683. The number of imidazole rings is 1. The van der Waals surface area contributed by atoms with Crippen LogP contribution in [0.5, 0.6) is 0 Å². The molecular formula is C23H22N4O. The number of hydrogen-bond donors (Lipinski definition) is 0. The van der Waals surface area contributed by atoms with Crippen molar-refractivity contribution in [1.29, 1.82) is 5.26 Å². The third-order valence-electron chi connectivity index (χ3n) is 5.34. The zero-order valence-corrected chi connectivity index (χ0v) is 15.7. The van der Waals surface area contributed by atoms with Crippen LogP contribution in [0.2, 0.25) is 0 Å². The SMILES string of the molecule is N#Cc1cccc(C(=O)N2CCC(Cn3ccnc3-c3ccccc3)CC2)c1. The Morgan fingerprint density at radius 1 is 1.11 bits per heavy atom. The number of benzene rings is 2. The van der Waals surface area contributed by atoms with Gasteiger partial charge in [0.25, 0.3) is 5.91 Å². The molecule has 0 N–H and O–H groups in total. The molecule has 1 aliphatic heterocycles. The second kappa shape index (κ2) is 8.10. The van der Waals surface area contributed by atoms with Gasteiger partial charge in [0.05, 0.1) is 11.6 Å². The molecule has 0 bridgehead atoms. The summed E-state index contributed by atoms with van der Waals surface area (Å²) in [6.07, 6.45) is 5.82. The third-order valence-corrected chi connectivity index (χ3v) is 5.34. The van der Waals surface area contributed by atoms with E-state index < -0.39 is 0 Å². The van der Waals surface area contributed by atoms with E-state index >= 15 is 0 Å². The van der Waals surface area contributed by atoms with Crippen molar-refractivity contribution in [3.8, 4) is 17.5 Å². The zero-order chi connectivity index (χ0) is 19.3. The molecule has 3 aromatic rings. The Hall–Kier alpha value is -3.39. The van der Waals surface area contributed by atoms with Gasteiger partial charge in [-0.2, -0.15) is 5.26 Å². The Labute approximate surface area is 164 Å². The molecule has 0 atom stereocenters. The molecule has 1 aliphatic rings. The molecule has 4 rings (SSSR count). The molecule has 5 nitrogen and oxygen atoms in total. The maximum Gasteiger partial charge on any atom is 0.253 e. The highest BCUT2D eigenvalue weighted by molar-refractivity contribution is 5.94. The molecule has 28 heavy (non-hydrogen) atoms. The second-order valence-corrected chi connectivity index (χ2v) is 7.20. The van der Waals surface area contributed by atoms with E-state index in [2.05, 4.69) is 27.8 Å². The minimum atomic E-state index is 0.0168. The number of likely N-dealkylation sites (tertiary alicyclic amines) is 1. The smallest absolute Gasteiger partial charge is 0.253 e. The van der Waals surface area contributed by atoms with Crippen molar-refractivity contribution in [2.45, 2.75) is 19.4 Å². The predicted octanol–water partition coefficient (Wildman–Crippen LogP) is 3.97. The number of piperidine rings is 1. The number of hydrogen-bond acceptors (Lipinski definition) is 3. The van der Waals surface area contributed by atoms with Crippen molar-refractivity contribution < 1.29 is 4.79 Å². The van der Waals surface area contributed by atoms with Crippen molar-refractivity contribution in [3.63, 3.8) is 0 Å². The number of amides is 1. The summed E-state index contributed by atoms with van der Waals surface area (Å²) in [4.78, 5) is 19.2. The molecule has 0 spiro atoms. The van der Waals surface area contributed by atoms with Gasteiger partial charge in [-0.25, -0.2) is 4.98 Å². The van der Waals surface area contributed by atoms with E-state index in [-0.39, 0.29) is 5.91 Å². The second-order valence-electron chi connectivity index (χ2n) is 7.20. The van der Waals surface area contributed by atoms with Crippen LogP contribution in [-0.2, 0) is 6.54 Å². The average molecular weight is 370 g/mol. The number of carbonyl (C=O) groups excluding carboxylic acids is 1. The number of carbonyl (C=O) groups is 1. The molecule has 1 fully saturated rings. The maximum atomic E-state index is 12.7. The molecule has 1 saturated heterocycles. The fourth-order valence-electron chi connectivity index (χ4n) is 3.81. The van der Waals surface area contributed by atoms with Gasteiger partial charge in [0, 0.05) is 43.2 Å². The van der Waals surface area contributed by atoms with E-state index in [1.54, 1.807) is 24.3 Å². The summed E-state index contributed by atoms with van der Waals surface area (Å²) >= 11 is 0. The number of aromatic nitrogens is 2. The summed E-state index contributed by atoms with van der Waals surface area (Å²) in [6, 6.07) is 19.3. The van der Waals surface area contributed by atoms with Gasteiger partial charge in [0.15, 0.2) is 0 Å². The van der Waals surface area contributed by atoms with Gasteiger partial charge in [-0.1, -0.05) is 36.4 Å². The van der Waals surface area contributed by atoms with Crippen molar-refractivity contribution >= 4 is 5.91 Å². The minimum Gasteiger partial charge on any atom is -0.339 e. The van der Waals surface area contributed by atoms with Crippen LogP contribution in [-0.4, -0.2) is 33.4 Å². The maximum absolute atomic E-state index is 12.7. The van der Waals surface area contributed by atoms with Crippen molar-refractivity contribution in [1.82, 2.24) is 14.5 Å². The highest BCUT2D eigenvalue weighted by Crippen LogP contribution is 2.24. The molecule has 140 valence electrons.